The average Bonchev–Trinajstić information content (AvgIpc) is 3.18. The van der Waals surface area contributed by atoms with E-state index in [1.54, 1.807) is 16.6 Å². The highest BCUT2D eigenvalue weighted by atomic mass is 32.1. The Balaban J connectivity index is 1.71. The van der Waals surface area contributed by atoms with Crippen molar-refractivity contribution in [2.75, 3.05) is 19.6 Å². The summed E-state index contributed by atoms with van der Waals surface area (Å²) < 4.78 is 0. The van der Waals surface area contributed by atoms with Gasteiger partial charge in [0.15, 0.2) is 0 Å². The Morgan fingerprint density at radius 3 is 2.65 bits per heavy atom. The Morgan fingerprint density at radius 2 is 1.95 bits per heavy atom. The van der Waals surface area contributed by atoms with E-state index in [2.05, 4.69) is 4.98 Å². The van der Waals surface area contributed by atoms with Crippen LogP contribution in [0.5, 0.6) is 0 Å². The Labute approximate surface area is 122 Å². The number of likely N-dealkylation sites (tertiary alicyclic amines) is 2. The van der Waals surface area contributed by atoms with Gasteiger partial charge in [0.2, 0.25) is 5.91 Å². The van der Waals surface area contributed by atoms with Crippen LogP contribution in [0.1, 0.15) is 41.8 Å². The summed E-state index contributed by atoms with van der Waals surface area (Å²) in [6, 6.07) is -0.261. The zero-order valence-corrected chi connectivity index (χ0v) is 12.3. The summed E-state index contributed by atoms with van der Waals surface area (Å²) >= 11 is 1.34. The molecule has 0 radical (unpaired) electrons. The molecule has 0 unspecified atom stereocenters. The van der Waals surface area contributed by atoms with Crippen molar-refractivity contribution in [3.63, 3.8) is 0 Å². The first-order valence-corrected chi connectivity index (χ1v) is 8.13. The molecule has 1 aromatic heterocycles. The number of piperidine rings is 1. The molecule has 108 valence electrons. The van der Waals surface area contributed by atoms with E-state index >= 15 is 0 Å². The largest absolute Gasteiger partial charge is 0.341 e. The average molecular weight is 293 g/mol. The highest BCUT2D eigenvalue weighted by Crippen LogP contribution is 2.24. The molecule has 6 heteroatoms. The second-order valence-electron chi connectivity index (χ2n) is 5.41. The standard InChI is InChI=1S/C14H19N3O2S/c18-13(16-6-2-1-3-7-16)11-5-4-8-17(11)14(19)12-9-15-10-20-12/h9-11H,1-8H2/t11-/m0/s1. The second kappa shape index (κ2) is 5.91. The smallest absolute Gasteiger partial charge is 0.266 e. The van der Waals surface area contributed by atoms with Crippen molar-refractivity contribution in [2.45, 2.75) is 38.1 Å². The fourth-order valence-electron chi connectivity index (χ4n) is 3.05. The zero-order valence-electron chi connectivity index (χ0n) is 11.5. The van der Waals surface area contributed by atoms with Crippen LogP contribution < -0.4 is 0 Å². The van der Waals surface area contributed by atoms with E-state index in [4.69, 9.17) is 0 Å². The number of nitrogens with zero attached hydrogens (tertiary/aromatic N) is 3. The van der Waals surface area contributed by atoms with Gasteiger partial charge in [0, 0.05) is 19.6 Å². The number of aromatic nitrogens is 1. The molecular weight excluding hydrogens is 274 g/mol. The Morgan fingerprint density at radius 1 is 1.15 bits per heavy atom. The maximum atomic E-state index is 12.6. The second-order valence-corrected chi connectivity index (χ2v) is 6.29. The van der Waals surface area contributed by atoms with Crippen molar-refractivity contribution in [1.29, 1.82) is 0 Å². The lowest BCUT2D eigenvalue weighted by Crippen LogP contribution is -2.49. The lowest BCUT2D eigenvalue weighted by Gasteiger charge is -2.32. The maximum Gasteiger partial charge on any atom is 0.266 e. The van der Waals surface area contributed by atoms with Crippen molar-refractivity contribution in [3.05, 3.63) is 16.6 Å². The van der Waals surface area contributed by atoms with Gasteiger partial charge in [0.05, 0.1) is 11.7 Å². The molecule has 2 aliphatic heterocycles. The van der Waals surface area contributed by atoms with Crippen LogP contribution in [0.2, 0.25) is 0 Å². The van der Waals surface area contributed by atoms with Gasteiger partial charge in [-0.25, -0.2) is 0 Å². The van der Waals surface area contributed by atoms with Crippen molar-refractivity contribution < 1.29 is 9.59 Å². The normalized spacial score (nSPS) is 23.1. The molecule has 3 rings (SSSR count). The van der Waals surface area contributed by atoms with Gasteiger partial charge >= 0.3 is 0 Å². The number of amides is 2. The van der Waals surface area contributed by atoms with E-state index < -0.39 is 0 Å². The van der Waals surface area contributed by atoms with Gasteiger partial charge in [-0.1, -0.05) is 0 Å². The molecule has 2 aliphatic rings. The summed E-state index contributed by atoms with van der Waals surface area (Å²) in [4.78, 5) is 33.3. The number of hydrogen-bond donors (Lipinski definition) is 0. The molecule has 2 fully saturated rings. The van der Waals surface area contributed by atoms with Gasteiger partial charge in [-0.3, -0.25) is 14.6 Å². The molecule has 1 atom stereocenters. The predicted octanol–water partition coefficient (Wildman–Crippen LogP) is 1.76. The van der Waals surface area contributed by atoms with Crippen LogP contribution in [0.25, 0.3) is 0 Å². The van der Waals surface area contributed by atoms with Crippen LogP contribution in [0.15, 0.2) is 11.7 Å². The van der Waals surface area contributed by atoms with Gasteiger partial charge in [-0.05, 0) is 32.1 Å². The highest BCUT2D eigenvalue weighted by Gasteiger charge is 2.37. The minimum absolute atomic E-state index is 0.0413. The number of rotatable bonds is 2. The maximum absolute atomic E-state index is 12.6. The molecule has 0 saturated carbocycles. The molecule has 2 amide bonds. The summed E-state index contributed by atoms with van der Waals surface area (Å²) in [6.07, 6.45) is 6.67. The van der Waals surface area contributed by atoms with E-state index in [9.17, 15) is 9.59 Å². The summed E-state index contributed by atoms with van der Waals surface area (Å²) in [5.74, 6) is 0.0976. The van der Waals surface area contributed by atoms with E-state index in [1.807, 2.05) is 4.90 Å². The molecule has 0 bridgehead atoms. The van der Waals surface area contributed by atoms with Gasteiger partial charge < -0.3 is 9.80 Å². The quantitative estimate of drug-likeness (QED) is 0.835. The monoisotopic (exact) mass is 293 g/mol. The van der Waals surface area contributed by atoms with Crippen molar-refractivity contribution >= 4 is 23.2 Å². The minimum atomic E-state index is -0.261. The SMILES string of the molecule is O=C([C@@H]1CCCN1C(=O)c1cncs1)N1CCCCC1. The molecule has 0 N–H and O–H groups in total. The van der Waals surface area contributed by atoms with Crippen molar-refractivity contribution in [1.82, 2.24) is 14.8 Å². The summed E-state index contributed by atoms with van der Waals surface area (Å²) in [5, 5.41) is 0. The van der Waals surface area contributed by atoms with Gasteiger partial charge in [0.25, 0.3) is 5.91 Å². The summed E-state index contributed by atoms with van der Waals surface area (Å²) in [5.41, 5.74) is 1.66. The molecule has 0 spiro atoms. The fraction of sp³-hybridized carbons (Fsp3) is 0.643. The van der Waals surface area contributed by atoms with Crippen LogP contribution in [0.3, 0.4) is 0 Å². The highest BCUT2D eigenvalue weighted by molar-refractivity contribution is 7.11. The molecule has 1 aromatic rings. The van der Waals surface area contributed by atoms with E-state index in [0.29, 0.717) is 11.4 Å². The fourth-order valence-corrected chi connectivity index (χ4v) is 3.63. The third-order valence-electron chi connectivity index (χ3n) is 4.11. The predicted molar refractivity (Wildman–Crippen MR) is 76.6 cm³/mol. The number of thiazole rings is 1. The van der Waals surface area contributed by atoms with Crippen LogP contribution in [-0.4, -0.2) is 52.3 Å². The number of carbonyl (C=O) groups excluding carboxylic acids is 2. The zero-order chi connectivity index (χ0) is 13.9. The van der Waals surface area contributed by atoms with Crippen LogP contribution in [-0.2, 0) is 4.79 Å². The first-order valence-electron chi connectivity index (χ1n) is 7.25. The van der Waals surface area contributed by atoms with Crippen LogP contribution >= 0.6 is 11.3 Å². The first-order chi connectivity index (χ1) is 9.77. The van der Waals surface area contributed by atoms with Gasteiger partial charge in [-0.15, -0.1) is 11.3 Å². The number of carbonyl (C=O) groups is 2. The topological polar surface area (TPSA) is 53.5 Å². The Hall–Kier alpha value is -1.43. The molecule has 20 heavy (non-hydrogen) atoms. The van der Waals surface area contributed by atoms with Crippen molar-refractivity contribution in [2.24, 2.45) is 0 Å². The number of hydrogen-bond acceptors (Lipinski definition) is 4. The third-order valence-corrected chi connectivity index (χ3v) is 4.87. The first kappa shape index (κ1) is 13.5. The van der Waals surface area contributed by atoms with Gasteiger partial charge in [-0.2, -0.15) is 0 Å². The van der Waals surface area contributed by atoms with Crippen LogP contribution in [0.4, 0.5) is 0 Å². The lowest BCUT2D eigenvalue weighted by molar-refractivity contribution is -0.136. The van der Waals surface area contributed by atoms with Crippen molar-refractivity contribution in [3.8, 4) is 0 Å². The molecule has 0 aromatic carbocycles. The lowest BCUT2D eigenvalue weighted by atomic mass is 10.1. The molecular formula is C14H19N3O2S. The minimum Gasteiger partial charge on any atom is -0.341 e. The van der Waals surface area contributed by atoms with E-state index in [0.717, 1.165) is 38.8 Å². The third kappa shape index (κ3) is 2.57. The van der Waals surface area contributed by atoms with Crippen LogP contribution in [0, 0.1) is 0 Å². The molecule has 0 aliphatic carbocycles. The molecule has 5 nitrogen and oxygen atoms in total. The summed E-state index contributed by atoms with van der Waals surface area (Å²) in [7, 11) is 0. The Bertz CT molecular complexity index is 483. The Kier molecular flexibility index (Phi) is 4.00. The van der Waals surface area contributed by atoms with E-state index in [1.165, 1.54) is 17.8 Å². The van der Waals surface area contributed by atoms with Gasteiger partial charge in [0.1, 0.15) is 10.9 Å². The summed E-state index contributed by atoms with van der Waals surface area (Å²) in [6.45, 7) is 2.37. The molecule has 3 heterocycles. The molecule has 2 saturated heterocycles. The van der Waals surface area contributed by atoms with E-state index in [-0.39, 0.29) is 17.9 Å².